The predicted octanol–water partition coefficient (Wildman–Crippen LogP) is 4.31. The van der Waals surface area contributed by atoms with E-state index >= 15 is 0 Å². The molecule has 132 valence electrons. The molecule has 4 nitrogen and oxygen atoms in total. The summed E-state index contributed by atoms with van der Waals surface area (Å²) in [5.74, 6) is 0.229. The first kappa shape index (κ1) is 17.6. The van der Waals surface area contributed by atoms with Crippen LogP contribution in [0.2, 0.25) is 5.02 Å². The number of rotatable bonds is 3. The van der Waals surface area contributed by atoms with Crippen LogP contribution in [0.4, 0.5) is 4.79 Å². The van der Waals surface area contributed by atoms with Crippen molar-refractivity contribution in [1.82, 2.24) is 10.2 Å². The molecule has 0 saturated carbocycles. The number of hydrogen-bond acceptors (Lipinski definition) is 2. The number of benzene rings is 2. The van der Waals surface area contributed by atoms with Gasteiger partial charge in [-0.15, -0.1) is 0 Å². The molecular weight excluding hydrogens is 336 g/mol. The van der Waals surface area contributed by atoms with Crippen LogP contribution >= 0.6 is 11.6 Å². The molecule has 2 amide bonds. The maximum atomic E-state index is 12.4. The van der Waals surface area contributed by atoms with Gasteiger partial charge in [-0.05, 0) is 53.6 Å². The van der Waals surface area contributed by atoms with Crippen molar-refractivity contribution >= 4 is 17.6 Å². The van der Waals surface area contributed by atoms with E-state index in [1.54, 1.807) is 12.1 Å². The minimum absolute atomic E-state index is 0.0359. The van der Waals surface area contributed by atoms with Crippen LogP contribution in [0.25, 0.3) is 0 Å². The summed E-state index contributed by atoms with van der Waals surface area (Å²) < 4.78 is 0. The number of likely N-dealkylation sites (tertiary alicyclic amines) is 1. The van der Waals surface area contributed by atoms with Gasteiger partial charge in [0.05, 0.1) is 0 Å². The molecule has 2 N–H and O–H groups in total. The number of phenols is 1. The van der Waals surface area contributed by atoms with E-state index in [4.69, 9.17) is 11.6 Å². The maximum absolute atomic E-state index is 12.4. The summed E-state index contributed by atoms with van der Waals surface area (Å²) in [5.41, 5.74) is 2.33. The van der Waals surface area contributed by atoms with Gasteiger partial charge in [-0.1, -0.05) is 42.8 Å². The third-order valence-electron chi connectivity index (χ3n) is 5.08. The number of amides is 2. The number of hydrogen-bond donors (Lipinski definition) is 2. The number of phenolic OH excluding ortho intramolecular Hbond substituents is 1. The summed E-state index contributed by atoms with van der Waals surface area (Å²) in [6.45, 7) is 4.19. The molecule has 0 aromatic heterocycles. The van der Waals surface area contributed by atoms with Crippen LogP contribution in [0, 0.1) is 0 Å². The number of carbonyl (C=O) groups excluding carboxylic acids is 1. The Morgan fingerprint density at radius 3 is 2.32 bits per heavy atom. The molecule has 0 aliphatic carbocycles. The van der Waals surface area contributed by atoms with E-state index in [1.165, 1.54) is 5.56 Å². The first-order valence-corrected chi connectivity index (χ1v) is 8.91. The number of nitrogens with zero attached hydrogens (tertiary/aromatic N) is 1. The van der Waals surface area contributed by atoms with E-state index in [2.05, 4.69) is 24.4 Å². The lowest BCUT2D eigenvalue weighted by Crippen LogP contribution is -2.47. The fourth-order valence-corrected chi connectivity index (χ4v) is 3.37. The molecule has 2 aromatic carbocycles. The van der Waals surface area contributed by atoms with Crippen LogP contribution in [0.3, 0.4) is 0 Å². The highest BCUT2D eigenvalue weighted by atomic mass is 35.5. The molecule has 1 aliphatic heterocycles. The van der Waals surface area contributed by atoms with E-state index in [0.29, 0.717) is 6.54 Å². The van der Waals surface area contributed by atoms with Gasteiger partial charge >= 0.3 is 6.03 Å². The molecule has 0 radical (unpaired) electrons. The highest BCUT2D eigenvalue weighted by Crippen LogP contribution is 2.35. The average molecular weight is 359 g/mol. The third-order valence-corrected chi connectivity index (χ3v) is 5.33. The molecule has 1 saturated heterocycles. The van der Waals surface area contributed by atoms with E-state index in [1.807, 2.05) is 29.2 Å². The zero-order valence-electron chi connectivity index (χ0n) is 14.3. The second-order valence-electron chi connectivity index (χ2n) is 6.88. The van der Waals surface area contributed by atoms with E-state index < -0.39 is 0 Å². The van der Waals surface area contributed by atoms with Crippen LogP contribution in [0.5, 0.6) is 5.75 Å². The Labute approximate surface area is 153 Å². The summed E-state index contributed by atoms with van der Waals surface area (Å²) in [5, 5.41) is 13.0. The second kappa shape index (κ2) is 7.36. The van der Waals surface area contributed by atoms with Crippen molar-refractivity contribution in [3.63, 3.8) is 0 Å². The van der Waals surface area contributed by atoms with E-state index in [0.717, 1.165) is 36.5 Å². The van der Waals surface area contributed by atoms with Crippen molar-refractivity contribution < 1.29 is 9.90 Å². The lowest BCUT2D eigenvalue weighted by Gasteiger charge is -2.39. The Hall–Kier alpha value is -2.20. The minimum Gasteiger partial charge on any atom is -0.508 e. The predicted molar refractivity (Wildman–Crippen MR) is 100.0 cm³/mol. The molecule has 2 aromatic rings. The first-order chi connectivity index (χ1) is 12.0. The normalized spacial score (nSPS) is 16.5. The van der Waals surface area contributed by atoms with Gasteiger partial charge in [0.1, 0.15) is 5.75 Å². The van der Waals surface area contributed by atoms with Crippen molar-refractivity contribution in [2.45, 2.75) is 31.7 Å². The van der Waals surface area contributed by atoms with Crippen LogP contribution < -0.4 is 5.32 Å². The quantitative estimate of drug-likeness (QED) is 0.859. The first-order valence-electron chi connectivity index (χ1n) is 8.53. The molecule has 0 unspecified atom stereocenters. The van der Waals surface area contributed by atoms with Gasteiger partial charge < -0.3 is 15.3 Å². The average Bonchev–Trinajstić information content (AvgIpc) is 2.62. The maximum Gasteiger partial charge on any atom is 0.317 e. The molecule has 0 spiro atoms. The minimum atomic E-state index is -0.0359. The second-order valence-corrected chi connectivity index (χ2v) is 7.32. The number of aromatic hydroxyl groups is 1. The fraction of sp³-hybridized carbons (Fsp3) is 0.350. The monoisotopic (exact) mass is 358 g/mol. The highest BCUT2D eigenvalue weighted by molar-refractivity contribution is 6.30. The van der Waals surface area contributed by atoms with E-state index in [9.17, 15) is 9.90 Å². The van der Waals surface area contributed by atoms with Crippen molar-refractivity contribution in [2.24, 2.45) is 0 Å². The van der Waals surface area contributed by atoms with Gasteiger partial charge in [0, 0.05) is 24.7 Å². The van der Waals surface area contributed by atoms with Gasteiger partial charge in [0.2, 0.25) is 0 Å². The van der Waals surface area contributed by atoms with Crippen molar-refractivity contribution in [3.8, 4) is 5.75 Å². The molecule has 5 heteroatoms. The number of piperidine rings is 1. The molecule has 25 heavy (non-hydrogen) atoms. The van der Waals surface area contributed by atoms with Crippen molar-refractivity contribution in [2.75, 3.05) is 13.1 Å². The summed E-state index contributed by atoms with van der Waals surface area (Å²) in [6.07, 6.45) is 1.86. The Bertz CT molecular complexity index is 720. The van der Waals surface area contributed by atoms with Crippen molar-refractivity contribution in [1.29, 1.82) is 0 Å². The Morgan fingerprint density at radius 2 is 1.72 bits per heavy atom. The molecule has 3 rings (SSSR count). The van der Waals surface area contributed by atoms with Gasteiger partial charge in [-0.25, -0.2) is 4.79 Å². The summed E-state index contributed by atoms with van der Waals surface area (Å²) in [4.78, 5) is 14.3. The SMILES string of the molecule is CC1(c2ccc(Cl)cc2)CCN(C(=O)NCc2ccc(O)cc2)CC1. The van der Waals surface area contributed by atoms with Gasteiger partial charge in [-0.2, -0.15) is 0 Å². The molecular formula is C20H23ClN2O2. The lowest BCUT2D eigenvalue weighted by atomic mass is 9.74. The van der Waals surface area contributed by atoms with Gasteiger partial charge in [-0.3, -0.25) is 0 Å². The highest BCUT2D eigenvalue weighted by Gasteiger charge is 2.33. The zero-order chi connectivity index (χ0) is 17.9. The third kappa shape index (κ3) is 4.26. The molecule has 1 heterocycles. The molecule has 0 bridgehead atoms. The number of halogens is 1. The summed E-state index contributed by atoms with van der Waals surface area (Å²) >= 11 is 5.98. The molecule has 1 fully saturated rings. The summed E-state index contributed by atoms with van der Waals surface area (Å²) in [6, 6.07) is 14.9. The van der Waals surface area contributed by atoms with Crippen molar-refractivity contribution in [3.05, 3.63) is 64.7 Å². The van der Waals surface area contributed by atoms with E-state index in [-0.39, 0.29) is 17.2 Å². The van der Waals surface area contributed by atoms with Crippen LogP contribution in [0.1, 0.15) is 30.9 Å². The fourth-order valence-electron chi connectivity index (χ4n) is 3.25. The Kier molecular flexibility index (Phi) is 5.19. The Balaban J connectivity index is 1.53. The molecule has 0 atom stereocenters. The van der Waals surface area contributed by atoms with Gasteiger partial charge in [0.25, 0.3) is 0 Å². The largest absolute Gasteiger partial charge is 0.508 e. The standard InChI is InChI=1S/C20H23ClN2O2/c1-20(16-4-6-17(21)7-5-16)10-12-23(13-11-20)19(25)22-14-15-2-8-18(24)9-3-15/h2-9,24H,10-14H2,1H3,(H,22,25). The zero-order valence-corrected chi connectivity index (χ0v) is 15.1. The summed E-state index contributed by atoms with van der Waals surface area (Å²) in [7, 11) is 0. The smallest absolute Gasteiger partial charge is 0.317 e. The number of urea groups is 1. The molecule has 1 aliphatic rings. The topological polar surface area (TPSA) is 52.6 Å². The lowest BCUT2D eigenvalue weighted by molar-refractivity contribution is 0.162. The van der Waals surface area contributed by atoms with Crippen LogP contribution in [0.15, 0.2) is 48.5 Å². The Morgan fingerprint density at radius 1 is 1.12 bits per heavy atom. The van der Waals surface area contributed by atoms with Crippen LogP contribution in [-0.2, 0) is 12.0 Å². The number of carbonyl (C=O) groups is 1. The number of nitrogens with one attached hydrogen (secondary N) is 1. The van der Waals surface area contributed by atoms with Gasteiger partial charge in [0.15, 0.2) is 0 Å². The van der Waals surface area contributed by atoms with Crippen LogP contribution in [-0.4, -0.2) is 29.1 Å².